The summed E-state index contributed by atoms with van der Waals surface area (Å²) in [6.45, 7) is 0. The summed E-state index contributed by atoms with van der Waals surface area (Å²) < 4.78 is 5.22. The van der Waals surface area contributed by atoms with Gasteiger partial charge in [-0.05, 0) is 36.5 Å². The number of hydrogen-bond donors (Lipinski definition) is 2. The number of fused-ring (bicyclic) bond motifs is 1. The second-order valence-electron chi connectivity index (χ2n) is 4.87. The molecule has 1 aliphatic rings. The number of methoxy groups -OCH3 is 1. The van der Waals surface area contributed by atoms with Crippen molar-refractivity contribution in [1.82, 2.24) is 4.98 Å². The zero-order chi connectivity index (χ0) is 11.8. The van der Waals surface area contributed by atoms with Crippen molar-refractivity contribution >= 4 is 10.9 Å². The molecule has 1 aliphatic carbocycles. The van der Waals surface area contributed by atoms with Gasteiger partial charge in [0.05, 0.1) is 7.11 Å². The Morgan fingerprint density at radius 2 is 2.24 bits per heavy atom. The number of aromatic amines is 1. The van der Waals surface area contributed by atoms with Crippen LogP contribution in [-0.4, -0.2) is 12.1 Å². The Balaban J connectivity index is 1.99. The lowest BCUT2D eigenvalue weighted by atomic mass is 9.77. The van der Waals surface area contributed by atoms with Gasteiger partial charge in [-0.3, -0.25) is 0 Å². The van der Waals surface area contributed by atoms with Crippen LogP contribution in [0.3, 0.4) is 0 Å². The molecular formula is C14H18N2O. The van der Waals surface area contributed by atoms with Crippen molar-refractivity contribution in [3.63, 3.8) is 0 Å². The number of benzene rings is 1. The molecule has 3 nitrogen and oxygen atoms in total. The lowest BCUT2D eigenvalue weighted by molar-refractivity contribution is 0.265. The van der Waals surface area contributed by atoms with Gasteiger partial charge in [0.2, 0.25) is 0 Å². The van der Waals surface area contributed by atoms with Crippen LogP contribution in [0, 0.1) is 5.92 Å². The zero-order valence-electron chi connectivity index (χ0n) is 10.1. The van der Waals surface area contributed by atoms with E-state index in [1.54, 1.807) is 7.11 Å². The van der Waals surface area contributed by atoms with Crippen molar-refractivity contribution in [3.8, 4) is 5.75 Å². The first-order valence-corrected chi connectivity index (χ1v) is 6.20. The van der Waals surface area contributed by atoms with Crippen LogP contribution in [0.1, 0.15) is 30.9 Å². The predicted molar refractivity (Wildman–Crippen MR) is 69.1 cm³/mol. The van der Waals surface area contributed by atoms with E-state index >= 15 is 0 Å². The molecule has 0 spiro atoms. The van der Waals surface area contributed by atoms with Gasteiger partial charge < -0.3 is 15.5 Å². The molecule has 1 heterocycles. The Bertz CT molecular complexity index is 528. The maximum Gasteiger partial charge on any atom is 0.120 e. The number of hydrogen-bond acceptors (Lipinski definition) is 2. The van der Waals surface area contributed by atoms with Crippen molar-refractivity contribution < 1.29 is 4.74 Å². The number of aromatic nitrogens is 1. The first-order chi connectivity index (χ1) is 8.29. The molecular weight excluding hydrogens is 212 g/mol. The standard InChI is InChI=1S/C14H18N2O/c1-17-10-5-6-11-12(8-16-13(11)7-10)14(15)9-3-2-4-9/h5-9,14,16H,2-4,15H2,1H3. The van der Waals surface area contributed by atoms with Crippen LogP contribution in [-0.2, 0) is 0 Å². The molecule has 0 amide bonds. The van der Waals surface area contributed by atoms with Gasteiger partial charge in [-0.2, -0.15) is 0 Å². The zero-order valence-corrected chi connectivity index (χ0v) is 10.1. The Labute approximate surface area is 101 Å². The van der Waals surface area contributed by atoms with Gasteiger partial charge in [0.25, 0.3) is 0 Å². The third-order valence-corrected chi connectivity index (χ3v) is 3.94. The second-order valence-corrected chi connectivity index (χ2v) is 4.87. The summed E-state index contributed by atoms with van der Waals surface area (Å²) in [5.74, 6) is 1.54. The first-order valence-electron chi connectivity index (χ1n) is 6.20. The molecule has 0 aliphatic heterocycles. The molecule has 1 aromatic carbocycles. The van der Waals surface area contributed by atoms with E-state index in [1.165, 1.54) is 30.2 Å². The van der Waals surface area contributed by atoms with Crippen molar-refractivity contribution in [1.29, 1.82) is 0 Å². The van der Waals surface area contributed by atoms with Gasteiger partial charge in [-0.25, -0.2) is 0 Å². The van der Waals surface area contributed by atoms with E-state index in [0.29, 0.717) is 5.92 Å². The summed E-state index contributed by atoms with van der Waals surface area (Å²) in [6, 6.07) is 6.28. The third-order valence-electron chi connectivity index (χ3n) is 3.94. The third kappa shape index (κ3) is 1.71. The van der Waals surface area contributed by atoms with E-state index in [0.717, 1.165) is 11.3 Å². The normalized spacial score (nSPS) is 18.0. The number of rotatable bonds is 3. The van der Waals surface area contributed by atoms with Gasteiger partial charge in [-0.15, -0.1) is 0 Å². The van der Waals surface area contributed by atoms with E-state index in [-0.39, 0.29) is 6.04 Å². The van der Waals surface area contributed by atoms with E-state index in [1.807, 2.05) is 18.3 Å². The molecule has 3 heteroatoms. The summed E-state index contributed by atoms with van der Waals surface area (Å²) >= 11 is 0. The average Bonchev–Trinajstić information content (AvgIpc) is 2.68. The summed E-state index contributed by atoms with van der Waals surface area (Å²) in [6.07, 6.45) is 5.91. The predicted octanol–water partition coefficient (Wildman–Crippen LogP) is 2.98. The van der Waals surface area contributed by atoms with Crippen molar-refractivity contribution in [2.24, 2.45) is 11.7 Å². The van der Waals surface area contributed by atoms with Gasteiger partial charge in [0.1, 0.15) is 5.75 Å². The lowest BCUT2D eigenvalue weighted by Gasteiger charge is -2.31. The molecule has 1 saturated carbocycles. The number of nitrogens with two attached hydrogens (primary N) is 1. The minimum absolute atomic E-state index is 0.172. The molecule has 2 aromatic rings. The fourth-order valence-electron chi connectivity index (χ4n) is 2.58. The van der Waals surface area contributed by atoms with Crippen LogP contribution in [0.15, 0.2) is 24.4 Å². The Morgan fingerprint density at radius 3 is 2.88 bits per heavy atom. The average molecular weight is 230 g/mol. The number of ether oxygens (including phenoxy) is 1. The summed E-state index contributed by atoms with van der Waals surface area (Å²) in [4.78, 5) is 3.29. The fraction of sp³-hybridized carbons (Fsp3) is 0.429. The maximum atomic E-state index is 6.33. The molecule has 0 bridgehead atoms. The van der Waals surface area contributed by atoms with Gasteiger partial charge >= 0.3 is 0 Å². The van der Waals surface area contributed by atoms with E-state index in [2.05, 4.69) is 11.1 Å². The van der Waals surface area contributed by atoms with Crippen LogP contribution < -0.4 is 10.5 Å². The monoisotopic (exact) mass is 230 g/mol. The van der Waals surface area contributed by atoms with Crippen LogP contribution in [0.25, 0.3) is 10.9 Å². The lowest BCUT2D eigenvalue weighted by Crippen LogP contribution is -2.26. The van der Waals surface area contributed by atoms with Crippen LogP contribution in [0.4, 0.5) is 0 Å². The summed E-state index contributed by atoms with van der Waals surface area (Å²) in [5.41, 5.74) is 8.68. The van der Waals surface area contributed by atoms with E-state index < -0.39 is 0 Å². The molecule has 0 saturated heterocycles. The smallest absolute Gasteiger partial charge is 0.120 e. The van der Waals surface area contributed by atoms with Gasteiger partial charge in [0.15, 0.2) is 0 Å². The highest BCUT2D eigenvalue weighted by atomic mass is 16.5. The molecule has 1 atom stereocenters. The molecule has 0 radical (unpaired) electrons. The van der Waals surface area contributed by atoms with E-state index in [9.17, 15) is 0 Å². The van der Waals surface area contributed by atoms with Crippen LogP contribution in [0.2, 0.25) is 0 Å². The van der Waals surface area contributed by atoms with E-state index in [4.69, 9.17) is 10.5 Å². The minimum atomic E-state index is 0.172. The molecule has 1 aromatic heterocycles. The highest BCUT2D eigenvalue weighted by Crippen LogP contribution is 2.38. The summed E-state index contributed by atoms with van der Waals surface area (Å²) in [7, 11) is 1.69. The topological polar surface area (TPSA) is 51.0 Å². The molecule has 17 heavy (non-hydrogen) atoms. The molecule has 1 unspecified atom stereocenters. The van der Waals surface area contributed by atoms with Crippen LogP contribution in [0.5, 0.6) is 5.75 Å². The largest absolute Gasteiger partial charge is 0.497 e. The van der Waals surface area contributed by atoms with Crippen molar-refractivity contribution in [3.05, 3.63) is 30.0 Å². The maximum absolute atomic E-state index is 6.33. The number of nitrogens with one attached hydrogen (secondary N) is 1. The quantitative estimate of drug-likeness (QED) is 0.851. The van der Waals surface area contributed by atoms with Gasteiger partial charge in [0, 0.05) is 29.2 Å². The molecule has 3 rings (SSSR count). The highest BCUT2D eigenvalue weighted by Gasteiger charge is 2.27. The highest BCUT2D eigenvalue weighted by molar-refractivity contribution is 5.85. The molecule has 1 fully saturated rings. The molecule has 3 N–H and O–H groups in total. The second kappa shape index (κ2) is 4.08. The summed E-state index contributed by atoms with van der Waals surface area (Å²) in [5, 5.41) is 1.23. The fourth-order valence-corrected chi connectivity index (χ4v) is 2.58. The SMILES string of the molecule is COc1ccc2c(C(N)C3CCC3)c[nH]c2c1. The van der Waals surface area contributed by atoms with Crippen LogP contribution >= 0.6 is 0 Å². The first kappa shape index (κ1) is 10.7. The van der Waals surface area contributed by atoms with Crippen molar-refractivity contribution in [2.45, 2.75) is 25.3 Å². The van der Waals surface area contributed by atoms with Crippen molar-refractivity contribution in [2.75, 3.05) is 7.11 Å². The number of H-pyrrole nitrogens is 1. The Morgan fingerprint density at radius 1 is 1.41 bits per heavy atom. The molecule has 90 valence electrons. The minimum Gasteiger partial charge on any atom is -0.497 e. The Kier molecular flexibility index (Phi) is 2.56. The van der Waals surface area contributed by atoms with Gasteiger partial charge in [-0.1, -0.05) is 6.42 Å². The Hall–Kier alpha value is -1.48.